The van der Waals surface area contributed by atoms with Gasteiger partial charge in [0.1, 0.15) is 11.8 Å². The van der Waals surface area contributed by atoms with Gasteiger partial charge in [0.15, 0.2) is 5.01 Å². The summed E-state index contributed by atoms with van der Waals surface area (Å²) >= 11 is 1.19. The van der Waals surface area contributed by atoms with Gasteiger partial charge in [0.2, 0.25) is 5.13 Å². The van der Waals surface area contributed by atoms with Crippen LogP contribution in [0, 0.1) is 11.3 Å². The van der Waals surface area contributed by atoms with Crippen LogP contribution in [0.1, 0.15) is 10.6 Å². The number of nitrogens with two attached hydrogens (primary N) is 1. The normalized spacial score (nSPS) is 11.0. The molecule has 1 aromatic heterocycles. The summed E-state index contributed by atoms with van der Waals surface area (Å²) in [6, 6.07) is 9.47. The van der Waals surface area contributed by atoms with Crippen molar-refractivity contribution in [3.8, 4) is 11.8 Å². The standard InChI is InChI=1S/C12H10N4OS/c1-17-10-4-2-8(3-5-10)6-9(7-13)11-15-16-12(14)18-11/h2-6H,1H3,(H2,14,16)/b9-6-. The van der Waals surface area contributed by atoms with E-state index in [9.17, 15) is 0 Å². The lowest BCUT2D eigenvalue weighted by Gasteiger charge is -1.99. The predicted molar refractivity (Wildman–Crippen MR) is 70.8 cm³/mol. The number of nitrogen functional groups attached to an aromatic ring is 1. The van der Waals surface area contributed by atoms with Crippen molar-refractivity contribution in [3.63, 3.8) is 0 Å². The summed E-state index contributed by atoms with van der Waals surface area (Å²) in [5.41, 5.74) is 6.82. The molecule has 2 N–H and O–H groups in total. The average molecular weight is 258 g/mol. The van der Waals surface area contributed by atoms with Crippen molar-refractivity contribution in [1.29, 1.82) is 5.26 Å². The van der Waals surface area contributed by atoms with Crippen LogP contribution in [0.4, 0.5) is 5.13 Å². The molecule has 0 radical (unpaired) electrons. The van der Waals surface area contributed by atoms with Crippen molar-refractivity contribution in [2.75, 3.05) is 12.8 Å². The quantitative estimate of drug-likeness (QED) is 0.853. The Balaban J connectivity index is 2.32. The largest absolute Gasteiger partial charge is 0.497 e. The summed E-state index contributed by atoms with van der Waals surface area (Å²) in [4.78, 5) is 0. The molecule has 2 rings (SSSR count). The topological polar surface area (TPSA) is 84.8 Å². The summed E-state index contributed by atoms with van der Waals surface area (Å²) in [6.45, 7) is 0. The summed E-state index contributed by atoms with van der Waals surface area (Å²) < 4.78 is 5.07. The molecule has 90 valence electrons. The van der Waals surface area contributed by atoms with E-state index in [0.717, 1.165) is 11.3 Å². The van der Waals surface area contributed by atoms with Crippen molar-refractivity contribution in [3.05, 3.63) is 34.8 Å². The zero-order valence-electron chi connectivity index (χ0n) is 9.62. The van der Waals surface area contributed by atoms with Crippen LogP contribution in [0.2, 0.25) is 0 Å². The molecule has 0 unspecified atom stereocenters. The first kappa shape index (κ1) is 12.1. The zero-order valence-corrected chi connectivity index (χ0v) is 10.4. The van der Waals surface area contributed by atoms with Gasteiger partial charge in [-0.25, -0.2) is 0 Å². The van der Waals surface area contributed by atoms with Crippen LogP contribution in [-0.2, 0) is 0 Å². The number of methoxy groups -OCH3 is 1. The molecule has 1 aromatic carbocycles. The number of nitrogens with zero attached hydrogens (tertiary/aromatic N) is 3. The van der Waals surface area contributed by atoms with E-state index in [1.807, 2.05) is 24.3 Å². The minimum atomic E-state index is 0.348. The summed E-state index contributed by atoms with van der Waals surface area (Å²) in [5, 5.41) is 17.5. The van der Waals surface area contributed by atoms with Crippen molar-refractivity contribution in [1.82, 2.24) is 10.2 Å². The summed E-state index contributed by atoms with van der Waals surface area (Å²) in [6.07, 6.45) is 1.74. The number of allylic oxidation sites excluding steroid dienone is 1. The monoisotopic (exact) mass is 258 g/mol. The minimum Gasteiger partial charge on any atom is -0.497 e. The highest BCUT2D eigenvalue weighted by Gasteiger charge is 2.07. The summed E-state index contributed by atoms with van der Waals surface area (Å²) in [5.74, 6) is 0.769. The molecule has 0 saturated heterocycles. The van der Waals surface area contributed by atoms with Crippen molar-refractivity contribution in [2.24, 2.45) is 0 Å². The average Bonchev–Trinajstić information content (AvgIpc) is 2.83. The molecule has 5 nitrogen and oxygen atoms in total. The predicted octanol–water partition coefficient (Wildman–Crippen LogP) is 2.19. The SMILES string of the molecule is COc1ccc(/C=C(/C#N)c2nnc(N)s2)cc1. The van der Waals surface area contributed by atoms with E-state index in [1.54, 1.807) is 13.2 Å². The van der Waals surface area contributed by atoms with Gasteiger partial charge in [-0.2, -0.15) is 5.26 Å². The molecule has 0 bridgehead atoms. The van der Waals surface area contributed by atoms with Crippen LogP contribution in [-0.4, -0.2) is 17.3 Å². The van der Waals surface area contributed by atoms with Crippen LogP contribution in [0.25, 0.3) is 11.6 Å². The number of hydrogen-bond acceptors (Lipinski definition) is 6. The maximum atomic E-state index is 9.11. The van der Waals surface area contributed by atoms with E-state index in [4.69, 9.17) is 15.7 Å². The van der Waals surface area contributed by atoms with E-state index in [2.05, 4.69) is 16.3 Å². The smallest absolute Gasteiger partial charge is 0.203 e. The van der Waals surface area contributed by atoms with E-state index in [-0.39, 0.29) is 0 Å². The summed E-state index contributed by atoms with van der Waals surface area (Å²) in [7, 11) is 1.61. The van der Waals surface area contributed by atoms with Gasteiger partial charge in [0, 0.05) is 0 Å². The van der Waals surface area contributed by atoms with E-state index in [0.29, 0.717) is 15.7 Å². The first-order valence-electron chi connectivity index (χ1n) is 5.08. The third-order valence-electron chi connectivity index (χ3n) is 2.22. The van der Waals surface area contributed by atoms with Crippen LogP contribution in [0.5, 0.6) is 5.75 Å². The number of nitriles is 1. The van der Waals surface area contributed by atoms with Gasteiger partial charge >= 0.3 is 0 Å². The number of aromatic nitrogens is 2. The van der Waals surface area contributed by atoms with Crippen molar-refractivity contribution >= 4 is 28.1 Å². The van der Waals surface area contributed by atoms with Gasteiger partial charge in [-0.15, -0.1) is 10.2 Å². The van der Waals surface area contributed by atoms with E-state index < -0.39 is 0 Å². The molecule has 0 atom stereocenters. The van der Waals surface area contributed by atoms with Crippen molar-refractivity contribution in [2.45, 2.75) is 0 Å². The molecule has 0 fully saturated rings. The van der Waals surface area contributed by atoms with Gasteiger partial charge in [0.05, 0.1) is 12.7 Å². The molecule has 0 saturated carbocycles. The Hall–Kier alpha value is -2.39. The molecule has 0 spiro atoms. The maximum Gasteiger partial charge on any atom is 0.203 e. The van der Waals surface area contributed by atoms with Crippen LogP contribution >= 0.6 is 11.3 Å². The molecule has 0 aliphatic carbocycles. The van der Waals surface area contributed by atoms with Gasteiger partial charge in [-0.1, -0.05) is 23.5 Å². The highest BCUT2D eigenvalue weighted by molar-refractivity contribution is 7.16. The molecule has 1 heterocycles. The Labute approximate surface area is 108 Å². The molecular formula is C12H10N4OS. The lowest BCUT2D eigenvalue weighted by atomic mass is 10.1. The first-order chi connectivity index (χ1) is 8.72. The second-order valence-corrected chi connectivity index (χ2v) is 4.40. The Morgan fingerprint density at radius 3 is 2.61 bits per heavy atom. The third-order valence-corrected chi connectivity index (χ3v) is 3.00. The number of hydrogen-bond donors (Lipinski definition) is 1. The number of anilines is 1. The minimum absolute atomic E-state index is 0.348. The van der Waals surface area contributed by atoms with Crippen LogP contribution < -0.4 is 10.5 Å². The fraction of sp³-hybridized carbons (Fsp3) is 0.0833. The fourth-order valence-electron chi connectivity index (χ4n) is 1.35. The second kappa shape index (κ2) is 5.29. The van der Waals surface area contributed by atoms with E-state index in [1.165, 1.54) is 11.3 Å². The Kier molecular flexibility index (Phi) is 3.55. The molecule has 0 aliphatic heterocycles. The molecule has 2 aromatic rings. The second-order valence-electron chi connectivity index (χ2n) is 3.39. The van der Waals surface area contributed by atoms with Crippen LogP contribution in [0.3, 0.4) is 0 Å². The fourth-order valence-corrected chi connectivity index (χ4v) is 1.93. The van der Waals surface area contributed by atoms with Gasteiger partial charge < -0.3 is 10.5 Å². The lowest BCUT2D eigenvalue weighted by molar-refractivity contribution is 0.415. The van der Waals surface area contributed by atoms with E-state index >= 15 is 0 Å². The molecule has 18 heavy (non-hydrogen) atoms. The number of rotatable bonds is 3. The van der Waals surface area contributed by atoms with Crippen LogP contribution in [0.15, 0.2) is 24.3 Å². The lowest BCUT2D eigenvalue weighted by Crippen LogP contribution is -1.83. The highest BCUT2D eigenvalue weighted by atomic mass is 32.1. The number of benzene rings is 1. The Morgan fingerprint density at radius 2 is 2.11 bits per heavy atom. The van der Waals surface area contributed by atoms with Gasteiger partial charge in [-0.05, 0) is 23.8 Å². The highest BCUT2D eigenvalue weighted by Crippen LogP contribution is 2.23. The molecule has 0 amide bonds. The Morgan fingerprint density at radius 1 is 1.39 bits per heavy atom. The first-order valence-corrected chi connectivity index (χ1v) is 5.90. The third kappa shape index (κ3) is 2.64. The molecule has 6 heteroatoms. The molecular weight excluding hydrogens is 248 g/mol. The zero-order chi connectivity index (χ0) is 13.0. The Bertz CT molecular complexity index is 610. The van der Waals surface area contributed by atoms with Gasteiger partial charge in [-0.3, -0.25) is 0 Å². The maximum absolute atomic E-state index is 9.11. The van der Waals surface area contributed by atoms with Crippen molar-refractivity contribution < 1.29 is 4.74 Å². The number of ether oxygens (including phenoxy) is 1. The molecule has 0 aliphatic rings. The van der Waals surface area contributed by atoms with Gasteiger partial charge in [0.25, 0.3) is 0 Å².